The fraction of sp³-hybridized carbons (Fsp3) is 0.333. The number of halogens is 1. The van der Waals surface area contributed by atoms with Gasteiger partial charge in [0.1, 0.15) is 5.82 Å². The number of allylic oxidation sites excluding steroid dienone is 1. The van der Waals surface area contributed by atoms with Crippen molar-refractivity contribution in [1.29, 1.82) is 0 Å². The van der Waals surface area contributed by atoms with Crippen molar-refractivity contribution < 1.29 is 4.39 Å². The maximum atomic E-state index is 13.5. The second-order valence-corrected chi connectivity index (χ2v) is 6.90. The highest BCUT2D eigenvalue weighted by Crippen LogP contribution is 2.21. The number of benzene rings is 2. The van der Waals surface area contributed by atoms with Crippen LogP contribution >= 0.6 is 0 Å². The SMILES string of the molecule is CN(C/C=C/C#CC(C)(C)C)Cc1cccc2ccc(F)cc12. The smallest absolute Gasteiger partial charge is 0.123 e. The number of likely N-dealkylation sites (N-methyl/N-ethyl adjacent to an activating group) is 1. The molecule has 2 aromatic carbocycles. The van der Waals surface area contributed by atoms with Crippen molar-refractivity contribution in [2.75, 3.05) is 13.6 Å². The molecule has 0 aliphatic rings. The first-order valence-electron chi connectivity index (χ1n) is 7.88. The maximum absolute atomic E-state index is 13.5. The summed E-state index contributed by atoms with van der Waals surface area (Å²) in [5.74, 6) is 6.06. The quantitative estimate of drug-likeness (QED) is 0.717. The van der Waals surface area contributed by atoms with E-state index in [0.29, 0.717) is 0 Å². The molecule has 0 heterocycles. The van der Waals surface area contributed by atoms with Crippen LogP contribution < -0.4 is 0 Å². The van der Waals surface area contributed by atoms with Gasteiger partial charge >= 0.3 is 0 Å². The first-order chi connectivity index (χ1) is 10.8. The van der Waals surface area contributed by atoms with E-state index in [1.54, 1.807) is 6.07 Å². The summed E-state index contributed by atoms with van der Waals surface area (Å²) in [6.07, 6.45) is 3.97. The molecule has 0 atom stereocenters. The summed E-state index contributed by atoms with van der Waals surface area (Å²) in [6.45, 7) is 7.88. The van der Waals surface area contributed by atoms with Crippen LogP contribution in [0.2, 0.25) is 0 Å². The molecule has 0 amide bonds. The lowest BCUT2D eigenvalue weighted by atomic mass is 9.98. The Kier molecular flexibility index (Phi) is 5.58. The second kappa shape index (κ2) is 7.44. The standard InChI is InChI=1S/C21H24FN/c1-21(2,3)13-6-5-7-14-23(4)16-18-10-8-9-17-11-12-19(22)15-20(17)18/h5,7-12,15H,14,16H2,1-4H3/b7-5+. The molecule has 0 N–H and O–H groups in total. The van der Waals surface area contributed by atoms with Crippen molar-refractivity contribution in [2.45, 2.75) is 27.3 Å². The molecular weight excluding hydrogens is 285 g/mol. The molecule has 0 aromatic heterocycles. The van der Waals surface area contributed by atoms with E-state index in [-0.39, 0.29) is 11.2 Å². The fourth-order valence-electron chi connectivity index (χ4n) is 2.35. The third kappa shape index (κ3) is 5.54. The molecule has 2 heteroatoms. The molecule has 0 bridgehead atoms. The summed E-state index contributed by atoms with van der Waals surface area (Å²) in [6, 6.07) is 11.0. The Bertz CT molecular complexity index is 757. The van der Waals surface area contributed by atoms with E-state index in [0.717, 1.165) is 29.4 Å². The largest absolute Gasteiger partial charge is 0.298 e. The van der Waals surface area contributed by atoms with Gasteiger partial charge in [-0.05, 0) is 62.4 Å². The van der Waals surface area contributed by atoms with Gasteiger partial charge in [-0.1, -0.05) is 42.2 Å². The Labute approximate surface area is 138 Å². The van der Waals surface area contributed by atoms with Crippen LogP contribution in [0.5, 0.6) is 0 Å². The van der Waals surface area contributed by atoms with Gasteiger partial charge in [0.25, 0.3) is 0 Å². The van der Waals surface area contributed by atoms with E-state index < -0.39 is 0 Å². The van der Waals surface area contributed by atoms with Gasteiger partial charge in [-0.15, -0.1) is 0 Å². The predicted octanol–water partition coefficient (Wildman–Crippen LogP) is 5.02. The van der Waals surface area contributed by atoms with Crippen LogP contribution in [0.25, 0.3) is 10.8 Å². The molecule has 0 saturated carbocycles. The zero-order chi connectivity index (χ0) is 16.9. The topological polar surface area (TPSA) is 3.24 Å². The molecule has 0 fully saturated rings. The van der Waals surface area contributed by atoms with Crippen LogP contribution in [-0.4, -0.2) is 18.5 Å². The van der Waals surface area contributed by atoms with Gasteiger partial charge in [0.05, 0.1) is 0 Å². The Morgan fingerprint density at radius 3 is 2.70 bits per heavy atom. The molecule has 1 nitrogen and oxygen atoms in total. The van der Waals surface area contributed by atoms with Gasteiger partial charge in [0, 0.05) is 18.5 Å². The van der Waals surface area contributed by atoms with E-state index in [2.05, 4.69) is 56.7 Å². The third-order valence-electron chi connectivity index (χ3n) is 3.44. The number of fused-ring (bicyclic) bond motifs is 1. The normalized spacial score (nSPS) is 11.9. The minimum absolute atomic E-state index is 0.0310. The highest BCUT2D eigenvalue weighted by atomic mass is 19.1. The average Bonchev–Trinajstić information content (AvgIpc) is 2.46. The molecule has 0 saturated heterocycles. The zero-order valence-electron chi connectivity index (χ0n) is 14.4. The number of hydrogen-bond donors (Lipinski definition) is 0. The summed E-state index contributed by atoms with van der Waals surface area (Å²) in [4.78, 5) is 2.19. The molecule has 2 aromatic rings. The number of nitrogens with zero attached hydrogens (tertiary/aromatic N) is 1. The van der Waals surface area contributed by atoms with E-state index in [4.69, 9.17) is 0 Å². The Morgan fingerprint density at radius 1 is 1.17 bits per heavy atom. The van der Waals surface area contributed by atoms with Crippen LogP contribution in [0.15, 0.2) is 48.6 Å². The Balaban J connectivity index is 2.03. The molecule has 2 rings (SSSR count). The summed E-state index contributed by atoms with van der Waals surface area (Å²) in [5.41, 5.74) is 1.17. The van der Waals surface area contributed by atoms with Crippen molar-refractivity contribution in [2.24, 2.45) is 5.41 Å². The first kappa shape index (κ1) is 17.2. The van der Waals surface area contributed by atoms with Gasteiger partial charge < -0.3 is 0 Å². The van der Waals surface area contributed by atoms with E-state index in [1.165, 1.54) is 6.07 Å². The number of hydrogen-bond acceptors (Lipinski definition) is 1. The van der Waals surface area contributed by atoms with Crippen LogP contribution in [0, 0.1) is 23.1 Å². The van der Waals surface area contributed by atoms with Crippen LogP contribution in [0.1, 0.15) is 26.3 Å². The minimum atomic E-state index is -0.190. The van der Waals surface area contributed by atoms with E-state index in [9.17, 15) is 4.39 Å². The van der Waals surface area contributed by atoms with Gasteiger partial charge in [-0.25, -0.2) is 4.39 Å². The Morgan fingerprint density at radius 2 is 1.96 bits per heavy atom. The average molecular weight is 309 g/mol. The van der Waals surface area contributed by atoms with Gasteiger partial charge in [0.2, 0.25) is 0 Å². The van der Waals surface area contributed by atoms with Crippen LogP contribution in [-0.2, 0) is 6.54 Å². The van der Waals surface area contributed by atoms with Crippen LogP contribution in [0.3, 0.4) is 0 Å². The fourth-order valence-corrected chi connectivity index (χ4v) is 2.35. The molecule has 0 spiro atoms. The van der Waals surface area contributed by atoms with E-state index >= 15 is 0 Å². The zero-order valence-corrected chi connectivity index (χ0v) is 14.4. The number of rotatable bonds is 4. The monoisotopic (exact) mass is 309 g/mol. The Hall–Kier alpha value is -2.11. The summed E-state index contributed by atoms with van der Waals surface area (Å²) in [7, 11) is 2.06. The summed E-state index contributed by atoms with van der Waals surface area (Å²) >= 11 is 0. The molecule has 0 unspecified atom stereocenters. The lowest BCUT2D eigenvalue weighted by Gasteiger charge is -2.16. The molecule has 23 heavy (non-hydrogen) atoms. The van der Waals surface area contributed by atoms with Crippen molar-refractivity contribution >= 4 is 10.8 Å². The summed E-state index contributed by atoms with van der Waals surface area (Å²) in [5, 5.41) is 2.06. The van der Waals surface area contributed by atoms with Crippen LogP contribution in [0.4, 0.5) is 4.39 Å². The molecule has 120 valence electrons. The highest BCUT2D eigenvalue weighted by molar-refractivity contribution is 5.85. The van der Waals surface area contributed by atoms with Crippen molar-refractivity contribution in [1.82, 2.24) is 4.90 Å². The van der Waals surface area contributed by atoms with E-state index in [1.807, 2.05) is 24.3 Å². The lowest BCUT2D eigenvalue weighted by molar-refractivity contribution is 0.365. The highest BCUT2D eigenvalue weighted by Gasteiger charge is 2.05. The first-order valence-corrected chi connectivity index (χ1v) is 7.88. The molecule has 0 aliphatic carbocycles. The van der Waals surface area contributed by atoms with Crippen molar-refractivity contribution in [3.8, 4) is 11.8 Å². The van der Waals surface area contributed by atoms with Gasteiger partial charge in [0.15, 0.2) is 0 Å². The van der Waals surface area contributed by atoms with Gasteiger partial charge in [-0.3, -0.25) is 4.90 Å². The second-order valence-electron chi connectivity index (χ2n) is 6.90. The predicted molar refractivity (Wildman–Crippen MR) is 96.6 cm³/mol. The maximum Gasteiger partial charge on any atom is 0.123 e. The third-order valence-corrected chi connectivity index (χ3v) is 3.44. The van der Waals surface area contributed by atoms with Gasteiger partial charge in [-0.2, -0.15) is 0 Å². The minimum Gasteiger partial charge on any atom is -0.298 e. The molecule has 0 radical (unpaired) electrons. The van der Waals surface area contributed by atoms with Crippen molar-refractivity contribution in [3.63, 3.8) is 0 Å². The summed E-state index contributed by atoms with van der Waals surface area (Å²) < 4.78 is 13.5. The molecular formula is C21H24FN. The van der Waals surface area contributed by atoms with Crippen molar-refractivity contribution in [3.05, 3.63) is 59.9 Å². The molecule has 0 aliphatic heterocycles. The lowest BCUT2D eigenvalue weighted by Crippen LogP contribution is -2.17.